The zero-order valence-corrected chi connectivity index (χ0v) is 12.2. The largest absolute Gasteiger partial charge is 0.382 e. The molecule has 2 atom stereocenters. The Morgan fingerprint density at radius 3 is 2.50 bits per heavy atom. The molecule has 0 saturated heterocycles. The summed E-state index contributed by atoms with van der Waals surface area (Å²) in [4.78, 5) is 0. The number of hydrogen-bond donors (Lipinski definition) is 1. The molecule has 0 aliphatic carbocycles. The molecule has 1 aromatic carbocycles. The average Bonchev–Trinajstić information content (AvgIpc) is 2.47. The minimum absolute atomic E-state index is 0.245. The van der Waals surface area contributed by atoms with Gasteiger partial charge in [-0.3, -0.25) is 0 Å². The van der Waals surface area contributed by atoms with Gasteiger partial charge in [-0.1, -0.05) is 25.1 Å². The van der Waals surface area contributed by atoms with Crippen molar-refractivity contribution >= 4 is 0 Å². The maximum absolute atomic E-state index is 13.8. The number of benzene rings is 1. The van der Waals surface area contributed by atoms with Crippen LogP contribution in [0.25, 0.3) is 0 Å². The van der Waals surface area contributed by atoms with Crippen LogP contribution in [0.5, 0.6) is 0 Å². The summed E-state index contributed by atoms with van der Waals surface area (Å²) in [6.45, 7) is 3.83. The molecule has 2 unspecified atom stereocenters. The molecule has 0 aromatic heterocycles. The summed E-state index contributed by atoms with van der Waals surface area (Å²) in [6.07, 6.45) is 0.260. The van der Waals surface area contributed by atoms with Crippen LogP contribution in [-0.2, 0) is 14.2 Å². The van der Waals surface area contributed by atoms with Crippen LogP contribution in [0, 0.1) is 5.82 Å². The predicted octanol–water partition coefficient (Wildman–Crippen LogP) is 2.28. The Morgan fingerprint density at radius 1 is 1.15 bits per heavy atom. The third kappa shape index (κ3) is 5.54. The minimum atomic E-state index is -0.452. The van der Waals surface area contributed by atoms with E-state index in [9.17, 15) is 4.39 Å². The van der Waals surface area contributed by atoms with Gasteiger partial charge in [0.25, 0.3) is 0 Å². The van der Waals surface area contributed by atoms with Gasteiger partial charge in [0.15, 0.2) is 0 Å². The first-order chi connectivity index (χ1) is 9.70. The summed E-state index contributed by atoms with van der Waals surface area (Å²) in [5.41, 5.74) is 6.53. The monoisotopic (exact) mass is 285 g/mol. The highest BCUT2D eigenvalue weighted by Gasteiger charge is 2.22. The second-order valence-corrected chi connectivity index (χ2v) is 4.49. The number of methoxy groups -OCH3 is 1. The Labute approximate surface area is 120 Å². The number of halogens is 1. The Balaban J connectivity index is 2.51. The first-order valence-electron chi connectivity index (χ1n) is 6.89. The van der Waals surface area contributed by atoms with Crippen LogP contribution in [-0.4, -0.2) is 39.6 Å². The van der Waals surface area contributed by atoms with Crippen molar-refractivity contribution < 1.29 is 18.6 Å². The highest BCUT2D eigenvalue weighted by molar-refractivity contribution is 5.21. The van der Waals surface area contributed by atoms with E-state index < -0.39 is 6.10 Å². The van der Waals surface area contributed by atoms with E-state index in [0.29, 0.717) is 38.4 Å². The highest BCUT2D eigenvalue weighted by atomic mass is 19.1. The van der Waals surface area contributed by atoms with E-state index in [1.54, 1.807) is 25.3 Å². The van der Waals surface area contributed by atoms with Crippen LogP contribution < -0.4 is 5.73 Å². The van der Waals surface area contributed by atoms with Gasteiger partial charge in [0.1, 0.15) is 11.9 Å². The number of rotatable bonds is 10. The van der Waals surface area contributed by atoms with Gasteiger partial charge in [-0.25, -0.2) is 4.39 Å². The summed E-state index contributed by atoms with van der Waals surface area (Å²) < 4.78 is 29.7. The standard InChI is InChI=1S/C15H24FNO3/c1-3-14(17)15(12-6-4-5-7-13(12)16)20-11-10-19-9-8-18-2/h4-7,14-15H,3,8-11,17H2,1-2H3. The lowest BCUT2D eigenvalue weighted by molar-refractivity contribution is -0.0177. The number of hydrogen-bond acceptors (Lipinski definition) is 4. The quantitative estimate of drug-likeness (QED) is 0.670. The van der Waals surface area contributed by atoms with Crippen molar-refractivity contribution in [3.05, 3.63) is 35.6 Å². The fraction of sp³-hybridized carbons (Fsp3) is 0.600. The molecule has 0 saturated carbocycles. The van der Waals surface area contributed by atoms with Crippen LogP contribution in [0.2, 0.25) is 0 Å². The molecule has 4 nitrogen and oxygen atoms in total. The smallest absolute Gasteiger partial charge is 0.129 e. The molecule has 0 aliphatic heterocycles. The molecule has 0 aliphatic rings. The van der Waals surface area contributed by atoms with Crippen LogP contribution >= 0.6 is 0 Å². The van der Waals surface area contributed by atoms with Crippen molar-refractivity contribution in [3.63, 3.8) is 0 Å². The van der Waals surface area contributed by atoms with Gasteiger partial charge in [-0.2, -0.15) is 0 Å². The molecule has 1 rings (SSSR count). The molecule has 20 heavy (non-hydrogen) atoms. The van der Waals surface area contributed by atoms with E-state index in [2.05, 4.69) is 0 Å². The third-order valence-electron chi connectivity index (χ3n) is 3.03. The topological polar surface area (TPSA) is 53.7 Å². The maximum Gasteiger partial charge on any atom is 0.129 e. The Bertz CT molecular complexity index is 376. The number of nitrogens with two attached hydrogens (primary N) is 1. The van der Waals surface area contributed by atoms with Gasteiger partial charge >= 0.3 is 0 Å². The molecule has 1 aromatic rings. The summed E-state index contributed by atoms with van der Waals surface area (Å²) in [5, 5.41) is 0. The van der Waals surface area contributed by atoms with Crippen LogP contribution in [0.3, 0.4) is 0 Å². The van der Waals surface area contributed by atoms with E-state index >= 15 is 0 Å². The molecule has 0 heterocycles. The van der Waals surface area contributed by atoms with Crippen LogP contribution in [0.1, 0.15) is 25.0 Å². The molecule has 0 radical (unpaired) electrons. The lowest BCUT2D eigenvalue weighted by Crippen LogP contribution is -2.31. The minimum Gasteiger partial charge on any atom is -0.382 e. The lowest BCUT2D eigenvalue weighted by atomic mass is 10.0. The molecular weight excluding hydrogens is 261 g/mol. The Kier molecular flexibility index (Phi) is 8.37. The normalized spacial score (nSPS) is 14.2. The molecular formula is C15H24FNO3. The fourth-order valence-electron chi connectivity index (χ4n) is 1.84. The van der Waals surface area contributed by atoms with Crippen molar-refractivity contribution in [2.75, 3.05) is 33.5 Å². The van der Waals surface area contributed by atoms with Crippen LogP contribution in [0.15, 0.2) is 24.3 Å². The van der Waals surface area contributed by atoms with Gasteiger partial charge in [-0.05, 0) is 12.5 Å². The van der Waals surface area contributed by atoms with Crippen molar-refractivity contribution in [2.45, 2.75) is 25.5 Å². The first-order valence-corrected chi connectivity index (χ1v) is 6.89. The van der Waals surface area contributed by atoms with E-state index in [0.717, 1.165) is 0 Å². The Morgan fingerprint density at radius 2 is 1.85 bits per heavy atom. The van der Waals surface area contributed by atoms with Crippen molar-refractivity contribution in [2.24, 2.45) is 5.73 Å². The molecule has 0 bridgehead atoms. The maximum atomic E-state index is 13.8. The van der Waals surface area contributed by atoms with E-state index in [1.807, 2.05) is 6.92 Å². The average molecular weight is 285 g/mol. The molecule has 114 valence electrons. The van der Waals surface area contributed by atoms with Gasteiger partial charge in [0, 0.05) is 18.7 Å². The summed E-state index contributed by atoms with van der Waals surface area (Å²) >= 11 is 0. The van der Waals surface area contributed by atoms with Gasteiger partial charge < -0.3 is 19.9 Å². The van der Waals surface area contributed by atoms with Crippen molar-refractivity contribution in [3.8, 4) is 0 Å². The predicted molar refractivity (Wildman–Crippen MR) is 76.1 cm³/mol. The van der Waals surface area contributed by atoms with Gasteiger partial charge in [0.2, 0.25) is 0 Å². The van der Waals surface area contributed by atoms with Crippen molar-refractivity contribution in [1.29, 1.82) is 0 Å². The van der Waals surface area contributed by atoms with Crippen LogP contribution in [0.4, 0.5) is 4.39 Å². The summed E-state index contributed by atoms with van der Waals surface area (Å²) in [6, 6.07) is 6.32. The van der Waals surface area contributed by atoms with E-state index in [1.165, 1.54) is 6.07 Å². The van der Waals surface area contributed by atoms with Crippen molar-refractivity contribution in [1.82, 2.24) is 0 Å². The summed E-state index contributed by atoms with van der Waals surface area (Å²) in [7, 11) is 1.62. The fourth-order valence-corrected chi connectivity index (χ4v) is 1.84. The molecule has 2 N–H and O–H groups in total. The summed E-state index contributed by atoms with van der Waals surface area (Å²) in [5.74, 6) is -0.290. The zero-order chi connectivity index (χ0) is 14.8. The lowest BCUT2D eigenvalue weighted by Gasteiger charge is -2.24. The van der Waals surface area contributed by atoms with E-state index in [4.69, 9.17) is 19.9 Å². The molecule has 0 spiro atoms. The molecule has 5 heteroatoms. The second-order valence-electron chi connectivity index (χ2n) is 4.49. The Hall–Kier alpha value is -1.01. The second kappa shape index (κ2) is 9.83. The first kappa shape index (κ1) is 17.0. The zero-order valence-electron chi connectivity index (χ0n) is 12.2. The molecule has 0 amide bonds. The SMILES string of the molecule is CCC(N)C(OCCOCCOC)c1ccccc1F. The van der Waals surface area contributed by atoms with E-state index in [-0.39, 0.29) is 11.9 Å². The number of ether oxygens (including phenoxy) is 3. The van der Waals surface area contributed by atoms with Gasteiger partial charge in [-0.15, -0.1) is 0 Å². The van der Waals surface area contributed by atoms with Gasteiger partial charge in [0.05, 0.1) is 26.4 Å². The highest BCUT2D eigenvalue weighted by Crippen LogP contribution is 2.24. The third-order valence-corrected chi connectivity index (χ3v) is 3.03. The molecule has 0 fully saturated rings.